The molecule has 2 unspecified atom stereocenters. The largest absolute Gasteiger partial charge is 0.392 e. The molecule has 0 spiro atoms. The van der Waals surface area contributed by atoms with Crippen LogP contribution in [0.4, 0.5) is 5.69 Å². The van der Waals surface area contributed by atoms with Gasteiger partial charge in [0.1, 0.15) is 5.56 Å². The number of carbonyl (C=O) groups is 1. The number of hydrogen-bond donors (Lipinski definition) is 2. The number of hydrogen-bond acceptors (Lipinski definition) is 5. The maximum atomic E-state index is 12.1. The molecule has 2 N–H and O–H groups in total. The van der Waals surface area contributed by atoms with Gasteiger partial charge in [-0.25, -0.2) is 4.98 Å². The highest BCUT2D eigenvalue weighted by Gasteiger charge is 2.48. The van der Waals surface area contributed by atoms with Crippen LogP contribution >= 0.6 is 11.6 Å². The summed E-state index contributed by atoms with van der Waals surface area (Å²) < 4.78 is 0. The van der Waals surface area contributed by atoms with Crippen molar-refractivity contribution in [2.45, 2.75) is 32.4 Å². The second-order valence-electron chi connectivity index (χ2n) is 5.35. The van der Waals surface area contributed by atoms with Crippen LogP contribution in [0.2, 0.25) is 5.15 Å². The maximum Gasteiger partial charge on any atom is 0.319 e. The number of nitro groups is 1. The van der Waals surface area contributed by atoms with E-state index in [4.69, 9.17) is 11.6 Å². The van der Waals surface area contributed by atoms with E-state index in [0.29, 0.717) is 6.42 Å². The fraction of sp³-hybridized carbons (Fsp3) is 0.500. The number of aliphatic hydroxyl groups is 1. The molecule has 108 valence electrons. The van der Waals surface area contributed by atoms with Crippen molar-refractivity contribution in [3.05, 3.63) is 33.1 Å². The zero-order chi connectivity index (χ0) is 15.1. The normalized spacial score (nSPS) is 23.8. The molecule has 0 bridgehead atoms. The van der Waals surface area contributed by atoms with Gasteiger partial charge < -0.3 is 10.4 Å². The third-order valence-corrected chi connectivity index (χ3v) is 4.10. The number of nitrogens with zero attached hydrogens (tertiary/aromatic N) is 2. The van der Waals surface area contributed by atoms with Gasteiger partial charge in [0.05, 0.1) is 11.0 Å². The average Bonchev–Trinajstić information content (AvgIpc) is 2.37. The van der Waals surface area contributed by atoms with Crippen molar-refractivity contribution in [1.29, 1.82) is 0 Å². The van der Waals surface area contributed by atoms with Gasteiger partial charge in [-0.3, -0.25) is 14.9 Å². The average molecular weight is 300 g/mol. The number of amides is 1. The molecule has 1 fully saturated rings. The lowest BCUT2D eigenvalue weighted by molar-refractivity contribution is -0.385. The molecule has 1 aliphatic carbocycles. The summed E-state index contributed by atoms with van der Waals surface area (Å²) in [7, 11) is 0. The Balaban J connectivity index is 2.23. The van der Waals surface area contributed by atoms with Gasteiger partial charge in [0.2, 0.25) is 5.15 Å². The van der Waals surface area contributed by atoms with Crippen LogP contribution in [-0.4, -0.2) is 33.1 Å². The molecule has 1 aromatic rings. The Morgan fingerprint density at radius 1 is 1.65 bits per heavy atom. The van der Waals surface area contributed by atoms with Gasteiger partial charge in [-0.05, 0) is 12.5 Å². The van der Waals surface area contributed by atoms with Gasteiger partial charge in [0.15, 0.2) is 0 Å². The standard InChI is InChI=1S/C12H14ClN3O4/c1-12(2)7(5-8(12)17)15-11(18)6-3-4-14-10(13)9(6)16(19)20/h3-4,7-8,17H,5H2,1-2H3,(H,15,18). The number of aliphatic hydroxyl groups excluding tert-OH is 1. The summed E-state index contributed by atoms with van der Waals surface area (Å²) in [5.41, 5.74) is -1.10. The zero-order valence-corrected chi connectivity index (χ0v) is 11.7. The monoisotopic (exact) mass is 299 g/mol. The fourth-order valence-corrected chi connectivity index (χ4v) is 2.40. The molecule has 0 saturated heterocycles. The van der Waals surface area contributed by atoms with E-state index >= 15 is 0 Å². The number of aromatic nitrogens is 1. The second kappa shape index (κ2) is 4.99. The Kier molecular flexibility index (Phi) is 3.66. The van der Waals surface area contributed by atoms with Crippen molar-refractivity contribution in [3.8, 4) is 0 Å². The highest BCUT2D eigenvalue weighted by atomic mass is 35.5. The fourth-order valence-electron chi connectivity index (χ4n) is 2.17. The van der Waals surface area contributed by atoms with Crippen molar-refractivity contribution in [2.75, 3.05) is 0 Å². The molecule has 1 saturated carbocycles. The molecule has 1 heterocycles. The third kappa shape index (κ3) is 2.34. The quantitative estimate of drug-likeness (QED) is 0.500. The topological polar surface area (TPSA) is 105 Å². The van der Waals surface area contributed by atoms with Gasteiger partial charge in [-0.1, -0.05) is 25.4 Å². The number of nitrogens with one attached hydrogen (secondary N) is 1. The summed E-state index contributed by atoms with van der Waals surface area (Å²) in [6.07, 6.45) is 1.17. The van der Waals surface area contributed by atoms with Crippen LogP contribution in [0, 0.1) is 15.5 Å². The van der Waals surface area contributed by atoms with Crippen molar-refractivity contribution in [2.24, 2.45) is 5.41 Å². The Morgan fingerprint density at radius 2 is 2.30 bits per heavy atom. The number of carbonyl (C=O) groups excluding carboxylic acids is 1. The molecule has 2 rings (SSSR count). The lowest BCUT2D eigenvalue weighted by Gasteiger charge is -2.49. The van der Waals surface area contributed by atoms with E-state index in [1.54, 1.807) is 0 Å². The van der Waals surface area contributed by atoms with Crippen molar-refractivity contribution in [3.63, 3.8) is 0 Å². The van der Waals surface area contributed by atoms with Gasteiger partial charge in [-0.15, -0.1) is 0 Å². The molecule has 1 aromatic heterocycles. The lowest BCUT2D eigenvalue weighted by Crippen LogP contribution is -2.61. The first-order valence-electron chi connectivity index (χ1n) is 6.03. The van der Waals surface area contributed by atoms with Crippen LogP contribution in [0.3, 0.4) is 0 Å². The smallest absolute Gasteiger partial charge is 0.319 e. The summed E-state index contributed by atoms with van der Waals surface area (Å²) in [6, 6.07) is 1.01. The first-order valence-corrected chi connectivity index (χ1v) is 6.40. The van der Waals surface area contributed by atoms with Crippen molar-refractivity contribution >= 4 is 23.2 Å². The van der Waals surface area contributed by atoms with Crippen LogP contribution in [0.5, 0.6) is 0 Å². The highest BCUT2D eigenvalue weighted by Crippen LogP contribution is 2.40. The van der Waals surface area contributed by atoms with Crippen LogP contribution < -0.4 is 5.32 Å². The van der Waals surface area contributed by atoms with E-state index < -0.39 is 28.0 Å². The summed E-state index contributed by atoms with van der Waals surface area (Å²) in [6.45, 7) is 3.64. The van der Waals surface area contributed by atoms with Crippen molar-refractivity contribution < 1.29 is 14.8 Å². The van der Waals surface area contributed by atoms with Gasteiger partial charge in [0.25, 0.3) is 5.91 Å². The Labute approximate surface area is 120 Å². The summed E-state index contributed by atoms with van der Waals surface area (Å²) in [5.74, 6) is -0.592. The van der Waals surface area contributed by atoms with E-state index in [-0.39, 0.29) is 16.8 Å². The van der Waals surface area contributed by atoms with Crippen LogP contribution in [0.1, 0.15) is 30.6 Å². The van der Waals surface area contributed by atoms with E-state index in [0.717, 1.165) is 0 Å². The lowest BCUT2D eigenvalue weighted by atomic mass is 9.64. The van der Waals surface area contributed by atoms with Crippen LogP contribution in [0.25, 0.3) is 0 Å². The molecule has 7 nitrogen and oxygen atoms in total. The van der Waals surface area contributed by atoms with Crippen LogP contribution in [-0.2, 0) is 0 Å². The summed E-state index contributed by atoms with van der Waals surface area (Å²) >= 11 is 5.66. The number of rotatable bonds is 3. The second-order valence-corrected chi connectivity index (χ2v) is 5.71. The molecular weight excluding hydrogens is 286 g/mol. The Hall–Kier alpha value is -1.73. The summed E-state index contributed by atoms with van der Waals surface area (Å²) in [5, 5.41) is 22.9. The van der Waals surface area contributed by atoms with Crippen LogP contribution in [0.15, 0.2) is 12.3 Å². The van der Waals surface area contributed by atoms with Gasteiger partial charge in [-0.2, -0.15) is 0 Å². The summed E-state index contributed by atoms with van der Waals surface area (Å²) in [4.78, 5) is 26.0. The van der Waals surface area contributed by atoms with E-state index in [9.17, 15) is 20.0 Å². The molecule has 1 aliphatic rings. The predicted octanol–water partition coefficient (Wildman–Crippen LogP) is 1.53. The van der Waals surface area contributed by atoms with E-state index in [1.807, 2.05) is 13.8 Å². The Morgan fingerprint density at radius 3 is 2.80 bits per heavy atom. The number of halogens is 1. The molecule has 0 radical (unpaired) electrons. The van der Waals surface area contributed by atoms with Gasteiger partial charge in [0, 0.05) is 17.7 Å². The highest BCUT2D eigenvalue weighted by molar-refractivity contribution is 6.32. The minimum Gasteiger partial charge on any atom is -0.392 e. The molecular formula is C12H14ClN3O4. The van der Waals surface area contributed by atoms with Gasteiger partial charge >= 0.3 is 5.69 Å². The molecule has 20 heavy (non-hydrogen) atoms. The predicted molar refractivity (Wildman–Crippen MR) is 71.6 cm³/mol. The maximum absolute atomic E-state index is 12.1. The first-order chi connectivity index (χ1) is 9.25. The first kappa shape index (κ1) is 14.7. The third-order valence-electron chi connectivity index (χ3n) is 3.83. The molecule has 2 atom stereocenters. The minimum atomic E-state index is -0.731. The SMILES string of the molecule is CC1(C)C(O)CC1NC(=O)c1ccnc(Cl)c1[N+](=O)[O-]. The van der Waals surface area contributed by atoms with Crippen molar-refractivity contribution in [1.82, 2.24) is 10.3 Å². The Bertz CT molecular complexity index is 576. The number of pyridine rings is 1. The molecule has 0 aliphatic heterocycles. The minimum absolute atomic E-state index is 0.132. The molecule has 8 heteroatoms. The van der Waals surface area contributed by atoms with E-state index in [1.165, 1.54) is 12.3 Å². The van der Waals surface area contributed by atoms with E-state index in [2.05, 4.69) is 10.3 Å². The molecule has 0 aromatic carbocycles. The zero-order valence-electron chi connectivity index (χ0n) is 11.0. The molecule has 1 amide bonds.